The van der Waals surface area contributed by atoms with Gasteiger partial charge in [-0.1, -0.05) is 0 Å². The second-order valence-electron chi connectivity index (χ2n) is 3.48. The molecule has 0 atom stereocenters. The molecule has 0 radical (unpaired) electrons. The lowest BCUT2D eigenvalue weighted by Gasteiger charge is -2.06. The normalized spacial score (nSPS) is 10.6. The van der Waals surface area contributed by atoms with Gasteiger partial charge in [0.25, 0.3) is 0 Å². The summed E-state index contributed by atoms with van der Waals surface area (Å²) < 4.78 is 1.15. The summed E-state index contributed by atoms with van der Waals surface area (Å²) in [6, 6.07) is 7.91. The number of hydrogen-bond donors (Lipinski definition) is 2. The Kier molecular flexibility index (Phi) is 2.63. The van der Waals surface area contributed by atoms with Gasteiger partial charge in [-0.3, -0.25) is 5.10 Å². The highest BCUT2D eigenvalue weighted by molar-refractivity contribution is 14.1. The van der Waals surface area contributed by atoms with Crippen molar-refractivity contribution in [2.75, 3.05) is 5.32 Å². The Hall–Kier alpha value is -1.70. The predicted molar refractivity (Wildman–Crippen MR) is 74.1 cm³/mol. The van der Waals surface area contributed by atoms with Crippen LogP contribution in [0.5, 0.6) is 0 Å². The van der Waals surface area contributed by atoms with Crippen molar-refractivity contribution in [3.05, 3.63) is 40.4 Å². The number of halogens is 1. The van der Waals surface area contributed by atoms with E-state index in [1.807, 2.05) is 18.2 Å². The fourth-order valence-corrected chi connectivity index (χ4v) is 2.07. The molecule has 0 spiro atoms. The number of benzene rings is 1. The Balaban J connectivity index is 2.12. The van der Waals surface area contributed by atoms with Crippen molar-refractivity contribution in [2.24, 2.45) is 0 Å². The number of nitrogens with zero attached hydrogens (tertiary/aromatic N) is 3. The summed E-state index contributed by atoms with van der Waals surface area (Å²) in [5.74, 6) is 1.58. The number of fused-ring (bicyclic) bond motifs is 1. The Bertz CT molecular complexity index is 650. The molecule has 0 aliphatic carbocycles. The van der Waals surface area contributed by atoms with E-state index in [-0.39, 0.29) is 0 Å². The van der Waals surface area contributed by atoms with Crippen molar-refractivity contribution in [2.45, 2.75) is 0 Å². The molecule has 0 unspecified atom stereocenters. The molecule has 0 saturated carbocycles. The minimum atomic E-state index is 0.776. The smallest absolute Gasteiger partial charge is 0.142 e. The fourth-order valence-electron chi connectivity index (χ4n) is 1.58. The highest BCUT2D eigenvalue weighted by Gasteiger charge is 2.04. The van der Waals surface area contributed by atoms with E-state index in [1.165, 1.54) is 0 Å². The maximum Gasteiger partial charge on any atom is 0.142 e. The third kappa shape index (κ3) is 2.07. The second kappa shape index (κ2) is 4.28. The molecule has 2 aromatic heterocycles. The zero-order valence-electron chi connectivity index (χ0n) is 8.68. The third-order valence-electron chi connectivity index (χ3n) is 2.35. The van der Waals surface area contributed by atoms with E-state index in [2.05, 4.69) is 54.1 Å². The van der Waals surface area contributed by atoms with Gasteiger partial charge in [-0.05, 0) is 40.8 Å². The summed E-state index contributed by atoms with van der Waals surface area (Å²) in [7, 11) is 0. The van der Waals surface area contributed by atoms with Crippen LogP contribution in [-0.2, 0) is 0 Å². The first-order chi connectivity index (χ1) is 8.33. The van der Waals surface area contributed by atoms with Crippen LogP contribution in [0.2, 0.25) is 0 Å². The number of aromatic amines is 1. The van der Waals surface area contributed by atoms with E-state index in [0.717, 1.165) is 26.1 Å². The summed E-state index contributed by atoms with van der Waals surface area (Å²) in [6.07, 6.45) is 3.24. The van der Waals surface area contributed by atoms with Gasteiger partial charge in [0, 0.05) is 15.0 Å². The molecule has 3 rings (SSSR count). The first-order valence-electron chi connectivity index (χ1n) is 4.99. The zero-order chi connectivity index (χ0) is 11.7. The van der Waals surface area contributed by atoms with Crippen molar-refractivity contribution in [1.82, 2.24) is 20.2 Å². The summed E-state index contributed by atoms with van der Waals surface area (Å²) in [4.78, 5) is 8.48. The molecule has 84 valence electrons. The molecular weight excluding hydrogens is 329 g/mol. The minimum absolute atomic E-state index is 0.776. The molecule has 3 aromatic rings. The SMILES string of the molecule is Ic1ccc2ncnc(Nc3ccn[nH]3)c2c1. The van der Waals surface area contributed by atoms with Crippen LogP contribution in [0.3, 0.4) is 0 Å². The number of H-pyrrole nitrogens is 1. The highest BCUT2D eigenvalue weighted by atomic mass is 127. The van der Waals surface area contributed by atoms with Gasteiger partial charge in [0.2, 0.25) is 0 Å². The molecule has 17 heavy (non-hydrogen) atoms. The van der Waals surface area contributed by atoms with Crippen molar-refractivity contribution in [3.8, 4) is 0 Å². The summed E-state index contributed by atoms with van der Waals surface area (Å²) in [6.45, 7) is 0. The lowest BCUT2D eigenvalue weighted by atomic mass is 10.2. The molecule has 0 bridgehead atoms. The van der Waals surface area contributed by atoms with Crippen molar-refractivity contribution < 1.29 is 0 Å². The van der Waals surface area contributed by atoms with Gasteiger partial charge in [0.15, 0.2) is 0 Å². The average Bonchev–Trinajstić information content (AvgIpc) is 2.83. The van der Waals surface area contributed by atoms with Crippen LogP contribution in [0.4, 0.5) is 11.6 Å². The number of aromatic nitrogens is 4. The Morgan fingerprint density at radius 3 is 2.94 bits per heavy atom. The van der Waals surface area contributed by atoms with Crippen LogP contribution >= 0.6 is 22.6 Å². The van der Waals surface area contributed by atoms with E-state index in [0.29, 0.717) is 0 Å². The molecule has 2 heterocycles. The third-order valence-corrected chi connectivity index (χ3v) is 3.02. The topological polar surface area (TPSA) is 66.5 Å². The molecule has 0 fully saturated rings. The first-order valence-corrected chi connectivity index (χ1v) is 6.07. The van der Waals surface area contributed by atoms with Crippen molar-refractivity contribution in [1.29, 1.82) is 0 Å². The summed E-state index contributed by atoms with van der Waals surface area (Å²) in [5, 5.41) is 10.9. The van der Waals surface area contributed by atoms with Crippen LogP contribution in [0, 0.1) is 3.57 Å². The molecule has 1 aromatic carbocycles. The molecular formula is C11H8IN5. The fraction of sp³-hybridized carbons (Fsp3) is 0. The standard InChI is InChI=1S/C11H8IN5/c12-7-1-2-9-8(5-7)11(14-6-13-9)16-10-3-4-15-17-10/h1-6H,(H2,13,14,15,16,17). The quantitative estimate of drug-likeness (QED) is 0.706. The highest BCUT2D eigenvalue weighted by Crippen LogP contribution is 2.23. The zero-order valence-corrected chi connectivity index (χ0v) is 10.8. The maximum atomic E-state index is 4.25. The number of anilines is 2. The summed E-state index contributed by atoms with van der Waals surface area (Å²) >= 11 is 2.27. The number of rotatable bonds is 2. The van der Waals surface area contributed by atoms with Crippen molar-refractivity contribution in [3.63, 3.8) is 0 Å². The molecule has 0 saturated heterocycles. The van der Waals surface area contributed by atoms with Gasteiger partial charge in [-0.2, -0.15) is 5.10 Å². The van der Waals surface area contributed by atoms with Gasteiger partial charge in [-0.25, -0.2) is 9.97 Å². The van der Waals surface area contributed by atoms with Crippen LogP contribution < -0.4 is 5.32 Å². The molecule has 0 aliphatic rings. The van der Waals surface area contributed by atoms with Crippen LogP contribution in [0.1, 0.15) is 0 Å². The Morgan fingerprint density at radius 1 is 1.18 bits per heavy atom. The van der Waals surface area contributed by atoms with Gasteiger partial charge in [0.05, 0.1) is 11.7 Å². The van der Waals surface area contributed by atoms with E-state index >= 15 is 0 Å². The van der Waals surface area contributed by atoms with E-state index in [4.69, 9.17) is 0 Å². The number of nitrogens with one attached hydrogen (secondary N) is 2. The minimum Gasteiger partial charge on any atom is -0.325 e. The lowest BCUT2D eigenvalue weighted by molar-refractivity contribution is 1.09. The van der Waals surface area contributed by atoms with Crippen LogP contribution in [0.15, 0.2) is 36.8 Å². The molecule has 2 N–H and O–H groups in total. The second-order valence-corrected chi connectivity index (χ2v) is 4.72. The molecule has 0 aliphatic heterocycles. The van der Waals surface area contributed by atoms with E-state index in [9.17, 15) is 0 Å². The Morgan fingerprint density at radius 2 is 2.12 bits per heavy atom. The van der Waals surface area contributed by atoms with Gasteiger partial charge in [0.1, 0.15) is 18.0 Å². The van der Waals surface area contributed by atoms with Crippen molar-refractivity contribution >= 4 is 45.1 Å². The monoisotopic (exact) mass is 337 g/mol. The Labute approximate surface area is 111 Å². The lowest BCUT2D eigenvalue weighted by Crippen LogP contribution is -1.96. The molecule has 6 heteroatoms. The predicted octanol–water partition coefficient (Wildman–Crippen LogP) is 2.70. The first kappa shape index (κ1) is 10.5. The maximum absolute atomic E-state index is 4.25. The van der Waals surface area contributed by atoms with E-state index in [1.54, 1.807) is 12.5 Å². The van der Waals surface area contributed by atoms with Crippen LogP contribution in [0.25, 0.3) is 10.9 Å². The van der Waals surface area contributed by atoms with Gasteiger partial charge in [-0.15, -0.1) is 0 Å². The van der Waals surface area contributed by atoms with E-state index < -0.39 is 0 Å². The van der Waals surface area contributed by atoms with Gasteiger partial charge < -0.3 is 5.32 Å². The van der Waals surface area contributed by atoms with Gasteiger partial charge >= 0.3 is 0 Å². The average molecular weight is 337 g/mol. The molecule has 0 amide bonds. The van der Waals surface area contributed by atoms with Crippen LogP contribution in [-0.4, -0.2) is 20.2 Å². The largest absolute Gasteiger partial charge is 0.325 e. The molecule has 5 nitrogen and oxygen atoms in total. The number of hydrogen-bond acceptors (Lipinski definition) is 4. The summed E-state index contributed by atoms with van der Waals surface area (Å²) in [5.41, 5.74) is 0.919.